The SMILES string of the molecule is CC(C)C(C)Nc1ccc(N)c(F)c1. The molecule has 0 radical (unpaired) electrons. The molecule has 2 nitrogen and oxygen atoms in total. The third-order valence-electron chi connectivity index (χ3n) is 2.39. The van der Waals surface area contributed by atoms with Crippen molar-refractivity contribution in [3.05, 3.63) is 24.0 Å². The Balaban J connectivity index is 2.73. The van der Waals surface area contributed by atoms with E-state index in [1.165, 1.54) is 6.07 Å². The van der Waals surface area contributed by atoms with E-state index in [9.17, 15) is 4.39 Å². The Bertz CT molecular complexity index is 310. The number of anilines is 2. The molecular formula is C11H17FN2. The van der Waals surface area contributed by atoms with Crippen LogP contribution in [0.4, 0.5) is 15.8 Å². The van der Waals surface area contributed by atoms with Gasteiger partial charge in [-0.3, -0.25) is 0 Å². The summed E-state index contributed by atoms with van der Waals surface area (Å²) >= 11 is 0. The largest absolute Gasteiger partial charge is 0.396 e. The second kappa shape index (κ2) is 4.31. The first-order chi connectivity index (χ1) is 6.50. The maximum absolute atomic E-state index is 13.1. The molecule has 0 saturated heterocycles. The highest BCUT2D eigenvalue weighted by atomic mass is 19.1. The summed E-state index contributed by atoms with van der Waals surface area (Å²) in [4.78, 5) is 0. The summed E-state index contributed by atoms with van der Waals surface area (Å²) in [6.07, 6.45) is 0. The summed E-state index contributed by atoms with van der Waals surface area (Å²) in [5, 5.41) is 3.21. The van der Waals surface area contributed by atoms with Gasteiger partial charge in [-0.25, -0.2) is 4.39 Å². The van der Waals surface area contributed by atoms with Gasteiger partial charge in [0.05, 0.1) is 5.69 Å². The fraction of sp³-hybridized carbons (Fsp3) is 0.455. The summed E-state index contributed by atoms with van der Waals surface area (Å²) in [6, 6.07) is 5.11. The molecule has 78 valence electrons. The number of nitrogens with two attached hydrogens (primary N) is 1. The Morgan fingerprint density at radius 3 is 2.43 bits per heavy atom. The van der Waals surface area contributed by atoms with E-state index in [4.69, 9.17) is 5.73 Å². The van der Waals surface area contributed by atoms with Crippen LogP contribution in [0.3, 0.4) is 0 Å². The first kappa shape index (κ1) is 10.8. The molecule has 0 aliphatic carbocycles. The molecule has 1 aromatic carbocycles. The predicted octanol–water partition coefficient (Wildman–Crippen LogP) is 2.86. The summed E-state index contributed by atoms with van der Waals surface area (Å²) < 4.78 is 13.1. The number of rotatable bonds is 3. The average Bonchev–Trinajstić information content (AvgIpc) is 2.11. The van der Waals surface area contributed by atoms with Crippen molar-refractivity contribution >= 4 is 11.4 Å². The first-order valence-corrected chi connectivity index (χ1v) is 4.82. The lowest BCUT2D eigenvalue weighted by Crippen LogP contribution is -2.21. The molecule has 1 atom stereocenters. The van der Waals surface area contributed by atoms with Gasteiger partial charge in [-0.2, -0.15) is 0 Å². The Labute approximate surface area is 84.3 Å². The minimum Gasteiger partial charge on any atom is -0.396 e. The lowest BCUT2D eigenvalue weighted by atomic mass is 10.1. The predicted molar refractivity (Wildman–Crippen MR) is 58.7 cm³/mol. The highest BCUT2D eigenvalue weighted by Crippen LogP contribution is 2.18. The molecule has 0 aliphatic heterocycles. The monoisotopic (exact) mass is 196 g/mol. The topological polar surface area (TPSA) is 38.0 Å². The standard InChI is InChI=1S/C11H17FN2/c1-7(2)8(3)14-9-4-5-11(13)10(12)6-9/h4-8,14H,13H2,1-3H3. The zero-order chi connectivity index (χ0) is 10.7. The van der Waals surface area contributed by atoms with Gasteiger partial charge >= 0.3 is 0 Å². The van der Waals surface area contributed by atoms with E-state index < -0.39 is 0 Å². The third-order valence-corrected chi connectivity index (χ3v) is 2.39. The molecule has 0 aliphatic rings. The molecule has 1 aromatic rings. The summed E-state index contributed by atoms with van der Waals surface area (Å²) in [7, 11) is 0. The highest BCUT2D eigenvalue weighted by molar-refractivity contribution is 5.52. The minimum absolute atomic E-state index is 0.188. The first-order valence-electron chi connectivity index (χ1n) is 4.82. The van der Waals surface area contributed by atoms with Crippen molar-refractivity contribution in [1.82, 2.24) is 0 Å². The van der Waals surface area contributed by atoms with Gasteiger partial charge in [-0.15, -0.1) is 0 Å². The van der Waals surface area contributed by atoms with Gasteiger partial charge in [0.2, 0.25) is 0 Å². The van der Waals surface area contributed by atoms with Gasteiger partial charge < -0.3 is 11.1 Å². The fourth-order valence-corrected chi connectivity index (χ4v) is 1.05. The number of benzene rings is 1. The molecule has 0 fully saturated rings. The van der Waals surface area contributed by atoms with Crippen molar-refractivity contribution in [2.24, 2.45) is 5.92 Å². The molecule has 14 heavy (non-hydrogen) atoms. The van der Waals surface area contributed by atoms with Crippen molar-refractivity contribution in [1.29, 1.82) is 0 Å². The van der Waals surface area contributed by atoms with Crippen molar-refractivity contribution in [2.75, 3.05) is 11.1 Å². The lowest BCUT2D eigenvalue weighted by molar-refractivity contribution is 0.559. The number of hydrogen-bond donors (Lipinski definition) is 2. The molecule has 0 aromatic heterocycles. The molecule has 0 bridgehead atoms. The normalized spacial score (nSPS) is 12.9. The van der Waals surface area contributed by atoms with Crippen LogP contribution in [0.1, 0.15) is 20.8 Å². The van der Waals surface area contributed by atoms with E-state index in [-0.39, 0.29) is 11.5 Å². The maximum atomic E-state index is 13.1. The van der Waals surface area contributed by atoms with Crippen LogP contribution < -0.4 is 11.1 Å². The van der Waals surface area contributed by atoms with Crippen LogP contribution in [-0.4, -0.2) is 6.04 Å². The van der Waals surface area contributed by atoms with Crippen LogP contribution in [0.2, 0.25) is 0 Å². The second-order valence-corrected chi connectivity index (χ2v) is 3.91. The van der Waals surface area contributed by atoms with Crippen molar-refractivity contribution in [2.45, 2.75) is 26.8 Å². The Hall–Kier alpha value is -1.25. The van der Waals surface area contributed by atoms with Gasteiger partial charge in [0.15, 0.2) is 0 Å². The van der Waals surface area contributed by atoms with E-state index in [1.807, 2.05) is 0 Å². The fourth-order valence-electron chi connectivity index (χ4n) is 1.05. The van der Waals surface area contributed by atoms with Crippen LogP contribution in [0, 0.1) is 11.7 Å². The minimum atomic E-state index is -0.369. The van der Waals surface area contributed by atoms with Crippen molar-refractivity contribution in [3.63, 3.8) is 0 Å². The molecule has 0 saturated carbocycles. The Morgan fingerprint density at radius 2 is 1.93 bits per heavy atom. The smallest absolute Gasteiger partial charge is 0.148 e. The van der Waals surface area contributed by atoms with E-state index in [2.05, 4.69) is 26.1 Å². The van der Waals surface area contributed by atoms with E-state index in [0.717, 1.165) is 5.69 Å². The summed E-state index contributed by atoms with van der Waals surface area (Å²) in [5.41, 5.74) is 6.34. The van der Waals surface area contributed by atoms with E-state index in [1.54, 1.807) is 12.1 Å². The zero-order valence-electron chi connectivity index (χ0n) is 8.84. The number of nitrogens with one attached hydrogen (secondary N) is 1. The molecular weight excluding hydrogens is 179 g/mol. The van der Waals surface area contributed by atoms with Crippen LogP contribution in [0.25, 0.3) is 0 Å². The second-order valence-electron chi connectivity index (χ2n) is 3.91. The van der Waals surface area contributed by atoms with Crippen LogP contribution >= 0.6 is 0 Å². The van der Waals surface area contributed by atoms with E-state index >= 15 is 0 Å². The van der Waals surface area contributed by atoms with Crippen LogP contribution in [0.5, 0.6) is 0 Å². The maximum Gasteiger partial charge on any atom is 0.148 e. The quantitative estimate of drug-likeness (QED) is 0.729. The lowest BCUT2D eigenvalue weighted by Gasteiger charge is -2.18. The Kier molecular flexibility index (Phi) is 3.33. The van der Waals surface area contributed by atoms with Crippen LogP contribution in [0.15, 0.2) is 18.2 Å². The van der Waals surface area contributed by atoms with Gasteiger partial charge in [-0.05, 0) is 31.0 Å². The molecule has 0 heterocycles. The van der Waals surface area contributed by atoms with Crippen molar-refractivity contribution < 1.29 is 4.39 Å². The van der Waals surface area contributed by atoms with Gasteiger partial charge in [0.25, 0.3) is 0 Å². The molecule has 3 heteroatoms. The number of nitrogen functional groups attached to an aromatic ring is 1. The Morgan fingerprint density at radius 1 is 1.29 bits per heavy atom. The summed E-state index contributed by atoms with van der Waals surface area (Å²) in [5.74, 6) is 0.140. The van der Waals surface area contributed by atoms with Gasteiger partial charge in [-0.1, -0.05) is 13.8 Å². The highest BCUT2D eigenvalue weighted by Gasteiger charge is 2.07. The number of halogens is 1. The molecule has 3 N–H and O–H groups in total. The van der Waals surface area contributed by atoms with Crippen molar-refractivity contribution in [3.8, 4) is 0 Å². The van der Waals surface area contributed by atoms with E-state index in [0.29, 0.717) is 12.0 Å². The summed E-state index contributed by atoms with van der Waals surface area (Å²) in [6.45, 7) is 6.30. The van der Waals surface area contributed by atoms with Gasteiger partial charge in [0.1, 0.15) is 5.82 Å². The molecule has 0 spiro atoms. The average molecular weight is 196 g/mol. The molecule has 1 rings (SSSR count). The molecule has 1 unspecified atom stereocenters. The third kappa shape index (κ3) is 2.62. The van der Waals surface area contributed by atoms with Crippen LogP contribution in [-0.2, 0) is 0 Å². The van der Waals surface area contributed by atoms with Gasteiger partial charge in [0, 0.05) is 11.7 Å². The zero-order valence-corrected chi connectivity index (χ0v) is 8.84. The molecule has 0 amide bonds. The number of hydrogen-bond acceptors (Lipinski definition) is 2.